The van der Waals surface area contributed by atoms with E-state index in [1.165, 1.54) is 11.3 Å². The van der Waals surface area contributed by atoms with Gasteiger partial charge in [-0.25, -0.2) is 4.98 Å². The quantitative estimate of drug-likeness (QED) is 0.523. The van der Waals surface area contributed by atoms with Crippen molar-refractivity contribution in [1.29, 1.82) is 0 Å². The molecule has 0 aliphatic heterocycles. The molecular weight excluding hydrogens is 326 g/mol. The van der Waals surface area contributed by atoms with Gasteiger partial charge < -0.3 is 5.09 Å². The summed E-state index contributed by atoms with van der Waals surface area (Å²) in [6.07, 6.45) is 0. The lowest BCUT2D eigenvalue weighted by Gasteiger charge is -2.09. The summed E-state index contributed by atoms with van der Waals surface area (Å²) in [6, 6.07) is 5.04. The summed E-state index contributed by atoms with van der Waals surface area (Å²) in [5.74, 6) is 0. The highest BCUT2D eigenvalue weighted by Crippen LogP contribution is 2.50. The molecule has 1 aromatic carbocycles. The highest BCUT2D eigenvalue weighted by molar-refractivity contribution is 8.57. The first kappa shape index (κ1) is 15.0. The fraction of sp³-hybridized carbons (Fsp3) is 0. The van der Waals surface area contributed by atoms with Gasteiger partial charge in [-0.2, -0.15) is 0 Å². The Hall–Kier alpha value is -0.440. The monoisotopic (exact) mass is 338 g/mol. The Kier molecular flexibility index (Phi) is 4.06. The molecule has 2 aromatic rings. The minimum atomic E-state index is -3.35. The van der Waals surface area contributed by atoms with Crippen molar-refractivity contribution in [1.82, 2.24) is 4.98 Å². The summed E-state index contributed by atoms with van der Waals surface area (Å²) in [7, 11) is -3.35. The second-order valence-corrected chi connectivity index (χ2v) is 10.8. The lowest BCUT2D eigenvalue weighted by molar-refractivity contribution is 0.580. The molecule has 2 rings (SSSR count). The van der Waals surface area contributed by atoms with Crippen molar-refractivity contribution in [3.05, 3.63) is 18.2 Å². The highest BCUT2D eigenvalue weighted by Gasteiger charge is 2.15. The largest absolute Gasteiger partial charge is 0.313 e. The minimum absolute atomic E-state index is 0.504. The van der Waals surface area contributed by atoms with Gasteiger partial charge in [0.2, 0.25) is 0 Å². The molecule has 0 aliphatic carbocycles. The van der Waals surface area contributed by atoms with Crippen LogP contribution in [0.15, 0.2) is 22.5 Å². The van der Waals surface area contributed by atoms with Gasteiger partial charge in [-0.15, -0.1) is 11.3 Å². The van der Waals surface area contributed by atoms with E-state index in [9.17, 15) is 9.13 Å². The molecule has 9 N–H and O–H groups in total. The fourth-order valence-electron chi connectivity index (χ4n) is 1.34. The maximum atomic E-state index is 11.3. The molecule has 0 bridgehead atoms. The van der Waals surface area contributed by atoms with Gasteiger partial charge in [-0.05, 0) is 18.2 Å². The Labute approximate surface area is 117 Å². The van der Waals surface area contributed by atoms with Crippen LogP contribution < -0.4 is 27.1 Å². The molecule has 0 amide bonds. The summed E-state index contributed by atoms with van der Waals surface area (Å²) < 4.78 is 23.9. The normalized spacial score (nSPS) is 12.8. The molecule has 104 valence electrons. The molecule has 0 spiro atoms. The van der Waals surface area contributed by atoms with E-state index >= 15 is 0 Å². The smallest absolute Gasteiger partial charge is 0.298 e. The van der Waals surface area contributed by atoms with Gasteiger partial charge >= 0.3 is 0 Å². The van der Waals surface area contributed by atoms with Crippen LogP contribution in [-0.2, 0) is 9.13 Å². The number of nitrogens with one attached hydrogen (secondary N) is 1. The molecule has 0 aliphatic rings. The molecule has 0 fully saturated rings. The zero-order valence-corrected chi connectivity index (χ0v) is 12.9. The average molecular weight is 338 g/mol. The lowest BCUT2D eigenvalue weighted by atomic mass is 10.3. The standard InChI is InChI=1S/C7H12N6O2P2S2/c8-16(9,14)13-4-1-2-5-6(3-4)18-7(12-5)19-17(10,11)15/h1-3H,(H4,10,11,15)(H5,8,9,13,14). The van der Waals surface area contributed by atoms with E-state index in [-0.39, 0.29) is 0 Å². The first-order valence-electron chi connectivity index (χ1n) is 4.85. The van der Waals surface area contributed by atoms with Gasteiger partial charge in [0, 0.05) is 17.1 Å². The number of aromatic nitrogens is 1. The van der Waals surface area contributed by atoms with E-state index < -0.39 is 14.2 Å². The van der Waals surface area contributed by atoms with Crippen molar-refractivity contribution >= 4 is 52.9 Å². The van der Waals surface area contributed by atoms with E-state index in [0.29, 0.717) is 15.5 Å². The summed E-state index contributed by atoms with van der Waals surface area (Å²) in [5, 5.41) is 2.51. The Morgan fingerprint density at radius 1 is 1.21 bits per heavy atom. The molecule has 0 saturated carbocycles. The zero-order chi connectivity index (χ0) is 14.3. The molecule has 1 heterocycles. The number of thiazole rings is 1. The van der Waals surface area contributed by atoms with Crippen molar-refractivity contribution in [2.45, 2.75) is 4.34 Å². The number of nitrogens with two attached hydrogens (primary N) is 4. The van der Waals surface area contributed by atoms with Gasteiger partial charge in [0.05, 0.1) is 10.2 Å². The van der Waals surface area contributed by atoms with Crippen LogP contribution in [0.3, 0.4) is 0 Å². The molecule has 1 aromatic heterocycles. The lowest BCUT2D eigenvalue weighted by Crippen LogP contribution is -2.12. The Morgan fingerprint density at radius 2 is 1.89 bits per heavy atom. The molecule has 0 atom stereocenters. The fourth-order valence-corrected chi connectivity index (χ4v) is 5.66. The van der Waals surface area contributed by atoms with Crippen molar-refractivity contribution in [3.8, 4) is 0 Å². The Balaban J connectivity index is 2.33. The van der Waals surface area contributed by atoms with Gasteiger partial charge in [0.1, 0.15) is 0 Å². The van der Waals surface area contributed by atoms with Crippen LogP contribution >= 0.6 is 37.0 Å². The Bertz CT molecular complexity index is 685. The van der Waals surface area contributed by atoms with Crippen molar-refractivity contribution in [3.63, 3.8) is 0 Å². The zero-order valence-electron chi connectivity index (χ0n) is 9.52. The molecule has 12 heteroatoms. The third kappa shape index (κ3) is 4.55. The summed E-state index contributed by atoms with van der Waals surface area (Å²) in [5.41, 5.74) is 22.2. The number of hydrogen-bond donors (Lipinski definition) is 5. The summed E-state index contributed by atoms with van der Waals surface area (Å²) in [4.78, 5) is 4.23. The highest BCUT2D eigenvalue weighted by atomic mass is 32.7. The third-order valence-electron chi connectivity index (χ3n) is 1.89. The van der Waals surface area contributed by atoms with E-state index in [2.05, 4.69) is 10.1 Å². The number of nitrogens with zero attached hydrogens (tertiary/aromatic N) is 1. The van der Waals surface area contributed by atoms with Crippen LogP contribution in [0.1, 0.15) is 0 Å². The first-order chi connectivity index (χ1) is 8.62. The van der Waals surface area contributed by atoms with Crippen molar-refractivity contribution in [2.75, 3.05) is 5.09 Å². The third-order valence-corrected chi connectivity index (χ3v) is 6.09. The van der Waals surface area contributed by atoms with Crippen LogP contribution in [0.2, 0.25) is 0 Å². The van der Waals surface area contributed by atoms with Crippen LogP contribution in [0.4, 0.5) is 5.69 Å². The predicted octanol–water partition coefficient (Wildman–Crippen LogP) is 1.85. The van der Waals surface area contributed by atoms with Crippen molar-refractivity contribution in [2.24, 2.45) is 22.0 Å². The van der Waals surface area contributed by atoms with Crippen LogP contribution in [-0.4, -0.2) is 4.98 Å². The van der Waals surface area contributed by atoms with Crippen LogP contribution in [0.5, 0.6) is 0 Å². The second-order valence-electron chi connectivity index (χ2n) is 3.72. The Morgan fingerprint density at radius 3 is 2.47 bits per heavy atom. The SMILES string of the molecule is NP(N)(=O)Nc1ccc2nc(SP(N)(N)=O)sc2c1. The molecule has 0 saturated heterocycles. The maximum absolute atomic E-state index is 11.3. The van der Waals surface area contributed by atoms with Gasteiger partial charge in [0.25, 0.3) is 14.2 Å². The van der Waals surface area contributed by atoms with E-state index in [1.54, 1.807) is 18.2 Å². The molecule has 19 heavy (non-hydrogen) atoms. The number of anilines is 1. The van der Waals surface area contributed by atoms with Gasteiger partial charge in [-0.1, -0.05) is 0 Å². The second kappa shape index (κ2) is 5.16. The number of benzene rings is 1. The summed E-state index contributed by atoms with van der Waals surface area (Å²) >= 11 is 2.11. The maximum Gasteiger partial charge on any atom is 0.298 e. The van der Waals surface area contributed by atoms with Crippen LogP contribution in [0.25, 0.3) is 10.2 Å². The van der Waals surface area contributed by atoms with E-state index in [4.69, 9.17) is 22.0 Å². The van der Waals surface area contributed by atoms with Crippen LogP contribution in [0, 0.1) is 0 Å². The van der Waals surface area contributed by atoms with E-state index in [0.717, 1.165) is 16.1 Å². The van der Waals surface area contributed by atoms with E-state index in [1.807, 2.05) is 0 Å². The molecular formula is C7H12N6O2P2S2. The average Bonchev–Trinajstić information content (AvgIpc) is 2.53. The van der Waals surface area contributed by atoms with Crippen molar-refractivity contribution < 1.29 is 9.13 Å². The minimum Gasteiger partial charge on any atom is -0.313 e. The molecule has 8 nitrogen and oxygen atoms in total. The van der Waals surface area contributed by atoms with Gasteiger partial charge in [-0.3, -0.25) is 31.1 Å². The molecule has 0 unspecified atom stereocenters. The predicted molar refractivity (Wildman–Crippen MR) is 81.1 cm³/mol. The molecule has 0 radical (unpaired) electrons. The van der Waals surface area contributed by atoms with Gasteiger partial charge in [0.15, 0.2) is 4.34 Å². The number of hydrogen-bond acceptors (Lipinski definition) is 5. The topological polar surface area (TPSA) is 163 Å². The number of fused-ring (bicyclic) bond motifs is 1. The number of rotatable bonds is 4. The first-order valence-corrected chi connectivity index (χ1v) is 10.8. The summed E-state index contributed by atoms with van der Waals surface area (Å²) in [6.45, 7) is -3.22.